The summed E-state index contributed by atoms with van der Waals surface area (Å²) in [5, 5.41) is 0. The number of carbonyl (C=O) groups is 3. The molecule has 2 aromatic carbocycles. The van der Waals surface area contributed by atoms with Crippen LogP contribution in [0.4, 0.5) is 0 Å². The summed E-state index contributed by atoms with van der Waals surface area (Å²) in [6, 6.07) is 13.8. The monoisotopic (exact) mass is 498 g/mol. The highest BCUT2D eigenvalue weighted by Gasteiger charge is 2.10. The van der Waals surface area contributed by atoms with Gasteiger partial charge in [0.25, 0.3) is 0 Å². The maximum Gasteiger partial charge on any atom is 0.343 e. The first-order valence-electron chi connectivity index (χ1n) is 11.9. The summed E-state index contributed by atoms with van der Waals surface area (Å²) < 4.78 is 25.7. The molecule has 0 fully saturated rings. The van der Waals surface area contributed by atoms with Gasteiger partial charge in [-0.15, -0.1) is 0 Å². The van der Waals surface area contributed by atoms with Crippen LogP contribution in [-0.2, 0) is 30.2 Å². The number of hydrogen-bond acceptors (Lipinski definition) is 8. The van der Waals surface area contributed by atoms with E-state index in [9.17, 15) is 14.4 Å². The Morgan fingerprint density at radius 1 is 0.806 bits per heavy atom. The number of unbranched alkanes of at least 4 members (excludes halogenated alkanes) is 3. The molecule has 0 aliphatic heterocycles. The van der Waals surface area contributed by atoms with Gasteiger partial charge in [0.15, 0.2) is 6.79 Å². The first-order chi connectivity index (χ1) is 17.4. The van der Waals surface area contributed by atoms with Gasteiger partial charge in [-0.05, 0) is 81.0 Å². The van der Waals surface area contributed by atoms with E-state index in [1.54, 1.807) is 55.5 Å². The summed E-state index contributed by atoms with van der Waals surface area (Å²) in [7, 11) is 1.45. The van der Waals surface area contributed by atoms with Crippen LogP contribution in [0.15, 0.2) is 60.7 Å². The molecule has 0 unspecified atom stereocenters. The fourth-order valence-corrected chi connectivity index (χ4v) is 3.06. The first kappa shape index (κ1) is 28.6. The van der Waals surface area contributed by atoms with Crippen LogP contribution in [0.3, 0.4) is 0 Å². The molecule has 194 valence electrons. The molecular weight excluding hydrogens is 464 g/mol. The van der Waals surface area contributed by atoms with Gasteiger partial charge in [0, 0.05) is 19.1 Å². The Labute approximate surface area is 212 Å². The zero-order chi connectivity index (χ0) is 26.2. The molecule has 0 atom stereocenters. The summed E-state index contributed by atoms with van der Waals surface area (Å²) in [6.45, 7) is 6.08. The van der Waals surface area contributed by atoms with E-state index in [2.05, 4.69) is 6.58 Å². The molecule has 0 aliphatic carbocycles. The van der Waals surface area contributed by atoms with Crippen LogP contribution in [0, 0.1) is 0 Å². The molecule has 0 radical (unpaired) electrons. The lowest BCUT2D eigenvalue weighted by molar-refractivity contribution is -0.154. The maximum absolute atomic E-state index is 12.4. The van der Waals surface area contributed by atoms with E-state index < -0.39 is 5.97 Å². The predicted molar refractivity (Wildman–Crippen MR) is 134 cm³/mol. The molecule has 0 saturated heterocycles. The lowest BCUT2D eigenvalue weighted by atomic mass is 10.1. The van der Waals surface area contributed by atoms with Gasteiger partial charge >= 0.3 is 17.9 Å². The van der Waals surface area contributed by atoms with E-state index in [0.717, 1.165) is 31.2 Å². The molecular formula is C28H34O8. The quantitative estimate of drug-likeness (QED) is 0.104. The minimum absolute atomic E-state index is 0.0569. The molecule has 2 rings (SSSR count). The van der Waals surface area contributed by atoms with Crippen LogP contribution in [0.5, 0.6) is 11.5 Å². The normalized spacial score (nSPS) is 10.4. The van der Waals surface area contributed by atoms with Gasteiger partial charge < -0.3 is 23.7 Å². The van der Waals surface area contributed by atoms with Crippen molar-refractivity contribution in [3.8, 4) is 11.5 Å². The van der Waals surface area contributed by atoms with Gasteiger partial charge in [-0.25, -0.2) is 9.59 Å². The van der Waals surface area contributed by atoms with Crippen molar-refractivity contribution in [3.05, 3.63) is 71.8 Å². The number of aryl methyl sites for hydroxylation is 1. The predicted octanol–water partition coefficient (Wildman–Crippen LogP) is 5.04. The lowest BCUT2D eigenvalue weighted by Gasteiger charge is -2.08. The van der Waals surface area contributed by atoms with Gasteiger partial charge in [0.05, 0.1) is 18.8 Å². The van der Waals surface area contributed by atoms with Crippen molar-refractivity contribution in [2.24, 2.45) is 0 Å². The van der Waals surface area contributed by atoms with Gasteiger partial charge in [0.2, 0.25) is 0 Å². The van der Waals surface area contributed by atoms with Crippen molar-refractivity contribution in [3.63, 3.8) is 0 Å². The fourth-order valence-electron chi connectivity index (χ4n) is 3.06. The van der Waals surface area contributed by atoms with Crippen molar-refractivity contribution >= 4 is 17.9 Å². The molecule has 2 aromatic rings. The SMILES string of the molecule is C=C(C)C(=O)OCCCCCCOc1ccc(C(=O)Oc2ccc(CCC(=O)OCOC)cc2)cc1. The van der Waals surface area contributed by atoms with E-state index >= 15 is 0 Å². The van der Waals surface area contributed by atoms with Crippen LogP contribution in [0.25, 0.3) is 0 Å². The van der Waals surface area contributed by atoms with E-state index in [-0.39, 0.29) is 25.2 Å². The zero-order valence-corrected chi connectivity index (χ0v) is 21.0. The second-order valence-corrected chi connectivity index (χ2v) is 8.16. The average Bonchev–Trinajstić information content (AvgIpc) is 2.88. The molecule has 0 heterocycles. The van der Waals surface area contributed by atoms with E-state index in [1.807, 2.05) is 0 Å². The number of hydrogen-bond donors (Lipinski definition) is 0. The van der Waals surface area contributed by atoms with Crippen molar-refractivity contribution in [1.29, 1.82) is 0 Å². The molecule has 8 nitrogen and oxygen atoms in total. The number of rotatable bonds is 16. The van der Waals surface area contributed by atoms with Gasteiger partial charge in [-0.3, -0.25) is 4.79 Å². The molecule has 0 spiro atoms. The second kappa shape index (κ2) is 16.1. The highest BCUT2D eigenvalue weighted by Crippen LogP contribution is 2.18. The zero-order valence-electron chi connectivity index (χ0n) is 21.0. The van der Waals surface area contributed by atoms with E-state index in [4.69, 9.17) is 23.7 Å². The van der Waals surface area contributed by atoms with Gasteiger partial charge in [0.1, 0.15) is 11.5 Å². The third kappa shape index (κ3) is 11.2. The van der Waals surface area contributed by atoms with Crippen molar-refractivity contribution < 1.29 is 38.1 Å². The third-order valence-electron chi connectivity index (χ3n) is 5.07. The molecule has 0 aliphatic rings. The Bertz CT molecular complexity index is 980. The summed E-state index contributed by atoms with van der Waals surface area (Å²) in [6.07, 6.45) is 4.35. The molecule has 0 N–H and O–H groups in total. The minimum Gasteiger partial charge on any atom is -0.494 e. The number of ether oxygens (including phenoxy) is 5. The summed E-state index contributed by atoms with van der Waals surface area (Å²) in [5.41, 5.74) is 1.75. The molecule has 8 heteroatoms. The largest absolute Gasteiger partial charge is 0.494 e. The Morgan fingerprint density at radius 3 is 2.08 bits per heavy atom. The molecule has 0 amide bonds. The Kier molecular flexibility index (Phi) is 12.8. The average molecular weight is 499 g/mol. The number of esters is 3. The Morgan fingerprint density at radius 2 is 1.44 bits per heavy atom. The van der Waals surface area contributed by atoms with E-state index in [0.29, 0.717) is 42.3 Å². The smallest absolute Gasteiger partial charge is 0.343 e. The lowest BCUT2D eigenvalue weighted by Crippen LogP contribution is -2.09. The van der Waals surface area contributed by atoms with Crippen LogP contribution in [-0.4, -0.2) is 45.0 Å². The van der Waals surface area contributed by atoms with Crippen molar-refractivity contribution in [2.75, 3.05) is 27.1 Å². The van der Waals surface area contributed by atoms with Crippen molar-refractivity contribution in [1.82, 2.24) is 0 Å². The van der Waals surface area contributed by atoms with Crippen LogP contribution < -0.4 is 9.47 Å². The Balaban J connectivity index is 1.65. The third-order valence-corrected chi connectivity index (χ3v) is 5.07. The standard InChI is InChI=1S/C28H34O8/c1-21(2)27(30)34-19-7-5-4-6-18-33-24-15-11-23(12-16-24)28(31)36-25-13-8-22(9-14-25)10-17-26(29)35-20-32-3/h8-9,11-16H,1,4-7,10,17-20H2,2-3H3. The summed E-state index contributed by atoms with van der Waals surface area (Å²) in [5.74, 6) is -0.0580. The first-order valence-corrected chi connectivity index (χ1v) is 11.9. The number of carbonyl (C=O) groups excluding carboxylic acids is 3. The van der Waals surface area contributed by atoms with Gasteiger partial charge in [-0.2, -0.15) is 0 Å². The van der Waals surface area contributed by atoms with Gasteiger partial charge in [-0.1, -0.05) is 18.7 Å². The molecule has 0 saturated carbocycles. The number of methoxy groups -OCH3 is 1. The van der Waals surface area contributed by atoms with Crippen LogP contribution >= 0.6 is 0 Å². The summed E-state index contributed by atoms with van der Waals surface area (Å²) in [4.78, 5) is 35.2. The maximum atomic E-state index is 12.4. The van der Waals surface area contributed by atoms with Crippen LogP contribution in [0.1, 0.15) is 54.9 Å². The summed E-state index contributed by atoms with van der Waals surface area (Å²) >= 11 is 0. The highest BCUT2D eigenvalue weighted by molar-refractivity contribution is 5.91. The second-order valence-electron chi connectivity index (χ2n) is 8.16. The van der Waals surface area contributed by atoms with E-state index in [1.165, 1.54) is 7.11 Å². The fraction of sp³-hybridized carbons (Fsp3) is 0.393. The highest BCUT2D eigenvalue weighted by atomic mass is 16.7. The minimum atomic E-state index is -0.468. The van der Waals surface area contributed by atoms with Crippen LogP contribution in [0.2, 0.25) is 0 Å². The molecule has 0 aromatic heterocycles. The molecule has 36 heavy (non-hydrogen) atoms. The topological polar surface area (TPSA) is 97.4 Å². The number of benzene rings is 2. The van der Waals surface area contributed by atoms with Crippen molar-refractivity contribution in [2.45, 2.75) is 45.4 Å². The Hall–Kier alpha value is -3.65. The molecule has 0 bridgehead atoms.